The molecule has 1 amide bonds. The number of ether oxygens (including phenoxy) is 1. The van der Waals surface area contributed by atoms with Gasteiger partial charge in [0.05, 0.1) is 0 Å². The van der Waals surface area contributed by atoms with Crippen LogP contribution in [0.3, 0.4) is 0 Å². The van der Waals surface area contributed by atoms with Crippen LogP contribution < -0.4 is 4.90 Å². The Bertz CT molecular complexity index is 391. The van der Waals surface area contributed by atoms with E-state index >= 15 is 0 Å². The number of hydrogen-bond acceptors (Lipinski definition) is 6. The predicted octanol–water partition coefficient (Wildman–Crippen LogP) is 0.257. The van der Waals surface area contributed by atoms with Gasteiger partial charge in [0.15, 0.2) is 0 Å². The van der Waals surface area contributed by atoms with Gasteiger partial charge in [0.1, 0.15) is 5.60 Å². The van der Waals surface area contributed by atoms with Gasteiger partial charge >= 0.3 is 6.09 Å². The lowest BCUT2D eigenvalue weighted by molar-refractivity contribution is 0.0240. The van der Waals surface area contributed by atoms with Crippen molar-refractivity contribution < 1.29 is 9.53 Å². The Balaban J connectivity index is 1.85. The summed E-state index contributed by atoms with van der Waals surface area (Å²) < 4.78 is 5.32. The van der Waals surface area contributed by atoms with Gasteiger partial charge in [0.25, 0.3) is 5.95 Å². The number of carbonyl (C=O) groups excluding carboxylic acids is 1. The van der Waals surface area contributed by atoms with Crippen LogP contribution in [0.5, 0.6) is 0 Å². The summed E-state index contributed by atoms with van der Waals surface area (Å²) in [4.78, 5) is 15.5. The van der Waals surface area contributed by atoms with Crippen LogP contribution in [0.1, 0.15) is 20.8 Å². The van der Waals surface area contributed by atoms with Crippen LogP contribution in [0.2, 0.25) is 0 Å². The van der Waals surface area contributed by atoms with Crippen molar-refractivity contribution in [1.82, 2.24) is 25.5 Å². The largest absolute Gasteiger partial charge is 0.444 e. The van der Waals surface area contributed by atoms with Gasteiger partial charge < -0.3 is 14.5 Å². The summed E-state index contributed by atoms with van der Waals surface area (Å²) in [5.74, 6) is 0.568. The number of rotatable bonds is 1. The fourth-order valence-electron chi connectivity index (χ4n) is 1.71. The topological polar surface area (TPSA) is 87.2 Å². The number of carbonyl (C=O) groups is 1. The lowest BCUT2D eigenvalue weighted by Crippen LogP contribution is -2.50. The molecule has 2 rings (SSSR count). The molecule has 0 bridgehead atoms. The summed E-state index contributed by atoms with van der Waals surface area (Å²) >= 11 is 0. The fraction of sp³-hybridized carbons (Fsp3) is 0.800. The van der Waals surface area contributed by atoms with Gasteiger partial charge in [-0.25, -0.2) is 4.79 Å². The minimum absolute atomic E-state index is 0.268. The van der Waals surface area contributed by atoms with Crippen LogP contribution in [0.15, 0.2) is 0 Å². The van der Waals surface area contributed by atoms with Gasteiger partial charge in [-0.15, -0.1) is 5.10 Å². The highest BCUT2D eigenvalue weighted by Gasteiger charge is 2.26. The summed E-state index contributed by atoms with van der Waals surface area (Å²) in [5, 5.41) is 13.8. The molecule has 0 radical (unpaired) electrons. The number of amides is 1. The summed E-state index contributed by atoms with van der Waals surface area (Å²) in [6.07, 6.45) is -0.268. The molecule has 1 aliphatic heterocycles. The Morgan fingerprint density at radius 3 is 2.44 bits per heavy atom. The van der Waals surface area contributed by atoms with Crippen molar-refractivity contribution in [2.24, 2.45) is 0 Å². The molecule has 8 heteroatoms. The first-order valence-corrected chi connectivity index (χ1v) is 5.92. The standard InChI is InChI=1S/C10H18N6O2/c1-10(2,3)18-9(17)16-6-4-15(5-7-16)8-11-13-14-12-8/h4-7H2,1-3H3,(H,11,12,13,14). The molecule has 8 nitrogen and oxygen atoms in total. The number of tetrazole rings is 1. The first kappa shape index (κ1) is 12.6. The smallest absolute Gasteiger partial charge is 0.410 e. The molecule has 100 valence electrons. The molecule has 2 heterocycles. The van der Waals surface area contributed by atoms with E-state index in [0.29, 0.717) is 32.1 Å². The molecule has 0 atom stereocenters. The maximum Gasteiger partial charge on any atom is 0.410 e. The molecular weight excluding hydrogens is 236 g/mol. The molecule has 0 saturated carbocycles. The first-order chi connectivity index (χ1) is 8.46. The Morgan fingerprint density at radius 1 is 1.28 bits per heavy atom. The molecule has 0 unspecified atom stereocenters. The highest BCUT2D eigenvalue weighted by atomic mass is 16.6. The highest BCUT2D eigenvalue weighted by molar-refractivity contribution is 5.68. The van der Waals surface area contributed by atoms with E-state index in [1.165, 1.54) is 0 Å². The van der Waals surface area contributed by atoms with Gasteiger partial charge in [0.2, 0.25) is 0 Å². The minimum Gasteiger partial charge on any atom is -0.444 e. The van der Waals surface area contributed by atoms with Crippen LogP contribution in [-0.4, -0.2) is 63.4 Å². The molecule has 1 aromatic rings. The number of nitrogens with zero attached hydrogens (tertiary/aromatic N) is 5. The third-order valence-corrected chi connectivity index (χ3v) is 2.55. The summed E-state index contributed by atoms with van der Waals surface area (Å²) in [5.41, 5.74) is -0.456. The van der Waals surface area contributed by atoms with Gasteiger partial charge in [-0.1, -0.05) is 5.10 Å². The van der Waals surface area contributed by atoms with Crippen molar-refractivity contribution in [1.29, 1.82) is 0 Å². The number of H-pyrrole nitrogens is 1. The number of aromatic amines is 1. The lowest BCUT2D eigenvalue weighted by Gasteiger charge is -2.34. The number of piperazine rings is 1. The monoisotopic (exact) mass is 254 g/mol. The van der Waals surface area contributed by atoms with Crippen LogP contribution in [0.25, 0.3) is 0 Å². The van der Waals surface area contributed by atoms with Crippen molar-refractivity contribution >= 4 is 12.0 Å². The predicted molar refractivity (Wildman–Crippen MR) is 64.2 cm³/mol. The fourth-order valence-corrected chi connectivity index (χ4v) is 1.71. The molecule has 1 N–H and O–H groups in total. The summed E-state index contributed by atoms with van der Waals surface area (Å²) in [6.45, 7) is 8.14. The van der Waals surface area contributed by atoms with E-state index in [1.807, 2.05) is 25.7 Å². The summed E-state index contributed by atoms with van der Waals surface area (Å²) in [6, 6.07) is 0. The molecule has 0 aliphatic carbocycles. The Labute approximate surface area is 105 Å². The van der Waals surface area contributed by atoms with E-state index in [0.717, 1.165) is 0 Å². The van der Waals surface area contributed by atoms with E-state index in [2.05, 4.69) is 20.6 Å². The number of anilines is 1. The van der Waals surface area contributed by atoms with Gasteiger partial charge in [0, 0.05) is 26.2 Å². The van der Waals surface area contributed by atoms with Crippen LogP contribution in [0, 0.1) is 0 Å². The van der Waals surface area contributed by atoms with E-state index in [-0.39, 0.29) is 6.09 Å². The quantitative estimate of drug-likeness (QED) is 0.773. The van der Waals surface area contributed by atoms with E-state index in [9.17, 15) is 4.79 Å². The number of hydrogen-bond donors (Lipinski definition) is 1. The van der Waals surface area contributed by atoms with E-state index in [1.54, 1.807) is 4.90 Å². The van der Waals surface area contributed by atoms with Gasteiger partial charge in [-0.3, -0.25) is 0 Å². The molecular formula is C10H18N6O2. The second kappa shape index (κ2) is 4.79. The van der Waals surface area contributed by atoms with Gasteiger partial charge in [-0.2, -0.15) is 5.21 Å². The molecule has 1 aliphatic rings. The second-order valence-electron chi connectivity index (χ2n) is 5.17. The average molecular weight is 254 g/mol. The molecule has 0 aromatic carbocycles. The molecule has 1 aromatic heterocycles. The third kappa shape index (κ3) is 3.08. The van der Waals surface area contributed by atoms with E-state index < -0.39 is 5.60 Å². The number of nitrogens with one attached hydrogen (secondary N) is 1. The van der Waals surface area contributed by atoms with E-state index in [4.69, 9.17) is 4.74 Å². The second-order valence-corrected chi connectivity index (χ2v) is 5.17. The summed E-state index contributed by atoms with van der Waals surface area (Å²) in [7, 11) is 0. The minimum atomic E-state index is -0.456. The van der Waals surface area contributed by atoms with Crippen LogP contribution >= 0.6 is 0 Å². The maximum absolute atomic E-state index is 11.8. The van der Waals surface area contributed by atoms with Crippen molar-refractivity contribution in [2.45, 2.75) is 26.4 Å². The van der Waals surface area contributed by atoms with Crippen molar-refractivity contribution in [2.75, 3.05) is 31.1 Å². The molecule has 1 fully saturated rings. The third-order valence-electron chi connectivity index (χ3n) is 2.55. The zero-order valence-corrected chi connectivity index (χ0v) is 10.9. The number of aromatic nitrogens is 4. The van der Waals surface area contributed by atoms with Crippen molar-refractivity contribution in [3.63, 3.8) is 0 Å². The first-order valence-electron chi connectivity index (χ1n) is 5.92. The Morgan fingerprint density at radius 2 is 1.94 bits per heavy atom. The molecule has 0 spiro atoms. The lowest BCUT2D eigenvalue weighted by atomic mass is 10.2. The van der Waals surface area contributed by atoms with Gasteiger partial charge in [-0.05, 0) is 26.0 Å². The van der Waals surface area contributed by atoms with Crippen LogP contribution in [-0.2, 0) is 4.74 Å². The van der Waals surface area contributed by atoms with Crippen molar-refractivity contribution in [3.05, 3.63) is 0 Å². The maximum atomic E-state index is 11.8. The molecule has 18 heavy (non-hydrogen) atoms. The molecule has 1 saturated heterocycles. The normalized spacial score (nSPS) is 16.8. The Kier molecular flexibility index (Phi) is 3.35. The zero-order valence-electron chi connectivity index (χ0n) is 10.9. The van der Waals surface area contributed by atoms with Crippen molar-refractivity contribution in [3.8, 4) is 0 Å². The highest BCUT2D eigenvalue weighted by Crippen LogP contribution is 2.13. The van der Waals surface area contributed by atoms with Crippen LogP contribution in [0.4, 0.5) is 10.7 Å². The SMILES string of the molecule is CC(C)(C)OC(=O)N1CCN(c2nn[nH]n2)CC1. The average Bonchev–Trinajstić information content (AvgIpc) is 2.80. The Hall–Kier alpha value is -1.86. The zero-order chi connectivity index (χ0) is 13.2.